The van der Waals surface area contributed by atoms with Crippen molar-refractivity contribution >= 4 is 54.8 Å². The maximum atomic E-state index is 13.5. The molecule has 10 heteroatoms. The molecule has 0 saturated carbocycles. The van der Waals surface area contributed by atoms with Crippen LogP contribution in [0.4, 0.5) is 20.2 Å². The zero-order valence-corrected chi connectivity index (χ0v) is 16.8. The average Bonchev–Trinajstić information content (AvgIpc) is 2.53. The van der Waals surface area contributed by atoms with E-state index in [-0.39, 0.29) is 5.69 Å². The standard InChI is InChI=1S/C16H14BrClF2N2O3S/c1-9(16(23)21-10-3-5-12(17)13(18)7-10)22(26(2,24)25)11-4-6-14(19)15(20)8-11/h3-9H,1-2H3,(H,21,23)/t9-/m1/s1. The molecule has 1 atom stereocenters. The molecule has 0 unspecified atom stereocenters. The maximum Gasteiger partial charge on any atom is 0.247 e. The van der Waals surface area contributed by atoms with Gasteiger partial charge in [-0.15, -0.1) is 0 Å². The molecule has 26 heavy (non-hydrogen) atoms. The second kappa shape index (κ2) is 7.89. The van der Waals surface area contributed by atoms with Crippen LogP contribution in [0.15, 0.2) is 40.9 Å². The van der Waals surface area contributed by atoms with E-state index in [1.165, 1.54) is 13.0 Å². The van der Waals surface area contributed by atoms with Gasteiger partial charge in [0.15, 0.2) is 11.6 Å². The molecule has 1 amide bonds. The highest BCUT2D eigenvalue weighted by Crippen LogP contribution is 2.27. The summed E-state index contributed by atoms with van der Waals surface area (Å²) in [6, 6.07) is 6.05. The van der Waals surface area contributed by atoms with Gasteiger partial charge in [0.2, 0.25) is 15.9 Å². The van der Waals surface area contributed by atoms with Crippen LogP contribution in [0.25, 0.3) is 0 Å². The highest BCUT2D eigenvalue weighted by atomic mass is 79.9. The molecule has 0 fully saturated rings. The predicted octanol–water partition coefficient (Wildman–Crippen LogP) is 4.17. The van der Waals surface area contributed by atoms with E-state index in [4.69, 9.17) is 11.6 Å². The molecule has 2 aromatic rings. The lowest BCUT2D eigenvalue weighted by atomic mass is 10.2. The molecule has 5 nitrogen and oxygen atoms in total. The summed E-state index contributed by atoms with van der Waals surface area (Å²) in [5.41, 5.74) is 0.191. The van der Waals surface area contributed by atoms with Gasteiger partial charge in [0.1, 0.15) is 6.04 Å². The predicted molar refractivity (Wildman–Crippen MR) is 101 cm³/mol. The highest BCUT2D eigenvalue weighted by molar-refractivity contribution is 9.10. The average molecular weight is 468 g/mol. The molecule has 0 spiro atoms. The number of carbonyl (C=O) groups excluding carboxylic acids is 1. The number of amides is 1. The van der Waals surface area contributed by atoms with Crippen LogP contribution in [-0.2, 0) is 14.8 Å². The number of nitrogens with zero attached hydrogens (tertiary/aromatic N) is 1. The van der Waals surface area contributed by atoms with Crippen LogP contribution in [0.2, 0.25) is 5.02 Å². The molecule has 0 aromatic heterocycles. The Kier molecular flexibility index (Phi) is 6.25. The molecule has 0 bridgehead atoms. The van der Waals surface area contributed by atoms with Gasteiger partial charge in [-0.05, 0) is 53.2 Å². The number of rotatable bonds is 5. The van der Waals surface area contributed by atoms with Gasteiger partial charge < -0.3 is 5.32 Å². The Morgan fingerprint density at radius 3 is 2.38 bits per heavy atom. The van der Waals surface area contributed by atoms with Crippen LogP contribution in [0.3, 0.4) is 0 Å². The van der Waals surface area contributed by atoms with E-state index in [0.29, 0.717) is 19.5 Å². The minimum absolute atomic E-state index is 0.164. The molecular formula is C16H14BrClF2N2O3S. The van der Waals surface area contributed by atoms with Crippen LogP contribution in [-0.4, -0.2) is 26.6 Å². The summed E-state index contributed by atoms with van der Waals surface area (Å²) in [7, 11) is -3.95. The largest absolute Gasteiger partial charge is 0.324 e. The minimum Gasteiger partial charge on any atom is -0.324 e. The van der Waals surface area contributed by atoms with Gasteiger partial charge in [-0.2, -0.15) is 0 Å². The van der Waals surface area contributed by atoms with Crippen molar-refractivity contribution in [2.24, 2.45) is 0 Å². The van der Waals surface area contributed by atoms with E-state index in [2.05, 4.69) is 21.2 Å². The van der Waals surface area contributed by atoms with Crippen LogP contribution in [0, 0.1) is 11.6 Å². The third kappa shape index (κ3) is 4.72. The maximum absolute atomic E-state index is 13.5. The number of nitrogens with one attached hydrogen (secondary N) is 1. The SMILES string of the molecule is C[C@H](C(=O)Nc1ccc(Br)c(Cl)c1)N(c1ccc(F)c(F)c1)S(C)(=O)=O. The van der Waals surface area contributed by atoms with Crippen LogP contribution in [0.1, 0.15) is 6.92 Å². The normalized spacial score (nSPS) is 12.5. The monoisotopic (exact) mass is 466 g/mol. The number of anilines is 2. The highest BCUT2D eigenvalue weighted by Gasteiger charge is 2.30. The van der Waals surface area contributed by atoms with Crippen molar-refractivity contribution in [1.29, 1.82) is 0 Å². The summed E-state index contributed by atoms with van der Waals surface area (Å²) in [4.78, 5) is 12.5. The number of hydrogen-bond donors (Lipinski definition) is 1. The lowest BCUT2D eigenvalue weighted by Crippen LogP contribution is -2.45. The van der Waals surface area contributed by atoms with Crippen molar-refractivity contribution < 1.29 is 22.0 Å². The van der Waals surface area contributed by atoms with E-state index in [1.54, 1.807) is 12.1 Å². The van der Waals surface area contributed by atoms with Crippen LogP contribution < -0.4 is 9.62 Å². The van der Waals surface area contributed by atoms with E-state index in [9.17, 15) is 22.0 Å². The molecule has 0 saturated heterocycles. The molecule has 0 aliphatic heterocycles. The fraction of sp³-hybridized carbons (Fsp3) is 0.188. The number of carbonyl (C=O) groups is 1. The van der Waals surface area contributed by atoms with Gasteiger partial charge in [0.05, 0.1) is 17.0 Å². The fourth-order valence-electron chi connectivity index (χ4n) is 2.25. The second-order valence-electron chi connectivity index (χ2n) is 5.45. The third-order valence-electron chi connectivity index (χ3n) is 3.43. The van der Waals surface area contributed by atoms with Gasteiger partial charge in [-0.1, -0.05) is 11.6 Å². The zero-order valence-electron chi connectivity index (χ0n) is 13.6. The van der Waals surface area contributed by atoms with Crippen LogP contribution in [0.5, 0.6) is 0 Å². The number of hydrogen-bond acceptors (Lipinski definition) is 3. The summed E-state index contributed by atoms with van der Waals surface area (Å²) < 4.78 is 52.2. The number of sulfonamides is 1. The molecular weight excluding hydrogens is 454 g/mol. The quantitative estimate of drug-likeness (QED) is 0.718. The number of benzene rings is 2. The van der Waals surface area contributed by atoms with Crippen molar-refractivity contribution in [2.75, 3.05) is 15.9 Å². The molecule has 0 heterocycles. The fourth-order valence-corrected chi connectivity index (χ4v) is 3.85. The minimum atomic E-state index is -3.95. The van der Waals surface area contributed by atoms with E-state index in [1.807, 2.05) is 0 Å². The van der Waals surface area contributed by atoms with Crippen molar-refractivity contribution in [3.63, 3.8) is 0 Å². The smallest absolute Gasteiger partial charge is 0.247 e. The van der Waals surface area contributed by atoms with Gasteiger partial charge in [0, 0.05) is 16.2 Å². The third-order valence-corrected chi connectivity index (χ3v) is 5.91. The Hall–Kier alpha value is -1.71. The molecule has 1 N–H and O–H groups in total. The lowest BCUT2D eigenvalue weighted by Gasteiger charge is -2.28. The van der Waals surface area contributed by atoms with Crippen molar-refractivity contribution in [1.82, 2.24) is 0 Å². The zero-order chi connectivity index (χ0) is 19.6. The van der Waals surface area contributed by atoms with E-state index in [0.717, 1.165) is 24.5 Å². The molecule has 2 rings (SSSR count). The first kappa shape index (κ1) is 20.6. The van der Waals surface area contributed by atoms with Crippen molar-refractivity contribution in [2.45, 2.75) is 13.0 Å². The second-order valence-corrected chi connectivity index (χ2v) is 8.57. The molecule has 0 radical (unpaired) electrons. The Bertz CT molecular complexity index is 957. The lowest BCUT2D eigenvalue weighted by molar-refractivity contribution is -0.116. The van der Waals surface area contributed by atoms with Crippen molar-refractivity contribution in [3.8, 4) is 0 Å². The summed E-state index contributed by atoms with van der Waals surface area (Å²) in [5, 5.41) is 2.90. The first-order chi connectivity index (χ1) is 12.0. The summed E-state index contributed by atoms with van der Waals surface area (Å²) in [6.45, 7) is 1.33. The topological polar surface area (TPSA) is 66.5 Å². The van der Waals surface area contributed by atoms with Crippen LogP contribution >= 0.6 is 27.5 Å². The Balaban J connectivity index is 2.34. The molecule has 140 valence electrons. The molecule has 0 aliphatic rings. The van der Waals surface area contributed by atoms with Gasteiger partial charge in [-0.3, -0.25) is 9.10 Å². The Morgan fingerprint density at radius 1 is 1.19 bits per heavy atom. The van der Waals surface area contributed by atoms with E-state index < -0.39 is 33.6 Å². The van der Waals surface area contributed by atoms with Gasteiger partial charge in [-0.25, -0.2) is 17.2 Å². The Labute approximate surface area is 163 Å². The van der Waals surface area contributed by atoms with Gasteiger partial charge in [0.25, 0.3) is 0 Å². The Morgan fingerprint density at radius 2 is 1.85 bits per heavy atom. The first-order valence-corrected chi connectivity index (χ1v) is 10.2. The number of halogens is 4. The summed E-state index contributed by atoms with van der Waals surface area (Å²) in [5.74, 6) is -3.01. The van der Waals surface area contributed by atoms with E-state index >= 15 is 0 Å². The summed E-state index contributed by atoms with van der Waals surface area (Å²) >= 11 is 9.18. The molecule has 2 aromatic carbocycles. The molecule has 0 aliphatic carbocycles. The van der Waals surface area contributed by atoms with Gasteiger partial charge >= 0.3 is 0 Å². The van der Waals surface area contributed by atoms with Crippen molar-refractivity contribution in [3.05, 3.63) is 57.5 Å². The summed E-state index contributed by atoms with van der Waals surface area (Å²) in [6.07, 6.45) is 0.870. The first-order valence-electron chi connectivity index (χ1n) is 7.21.